The molecular weight excluding hydrogens is 200 g/mol. The van der Waals surface area contributed by atoms with Crippen molar-refractivity contribution < 1.29 is 5.11 Å². The maximum Gasteiger partial charge on any atom is 0.0682 e. The molecule has 2 rings (SSSR count). The molecule has 0 aliphatic carbocycles. The van der Waals surface area contributed by atoms with Crippen LogP contribution in [0, 0.1) is 6.07 Å². The number of hydrogen-bond donors (Lipinski definition) is 2. The summed E-state index contributed by atoms with van der Waals surface area (Å²) in [6, 6.07) is 9.28. The van der Waals surface area contributed by atoms with Crippen molar-refractivity contribution in [2.24, 2.45) is 0 Å². The first kappa shape index (κ1) is 11.3. The first-order valence-corrected chi connectivity index (χ1v) is 6.02. The second kappa shape index (κ2) is 5.75. The number of rotatable bonds is 4. The molecule has 87 valence electrons. The summed E-state index contributed by atoms with van der Waals surface area (Å²) in [5, 5.41) is 12.1. The highest BCUT2D eigenvalue weighted by atomic mass is 16.3. The van der Waals surface area contributed by atoms with Crippen molar-refractivity contribution in [2.75, 3.05) is 36.5 Å². The summed E-state index contributed by atoms with van der Waals surface area (Å²) in [5.41, 5.74) is 2.23. The molecule has 1 heterocycles. The van der Waals surface area contributed by atoms with Crippen LogP contribution in [0.5, 0.6) is 0 Å². The number of hydrogen-bond acceptors (Lipinski definition) is 3. The Balaban J connectivity index is 2.11. The first-order chi connectivity index (χ1) is 7.92. The minimum atomic E-state index is 0.161. The summed E-state index contributed by atoms with van der Waals surface area (Å²) < 4.78 is 0. The number of anilines is 2. The molecule has 3 nitrogen and oxygen atoms in total. The lowest BCUT2D eigenvalue weighted by molar-refractivity contribution is 0.311. The predicted octanol–water partition coefficient (Wildman–Crippen LogP) is 1.88. The Hall–Kier alpha value is -1.22. The largest absolute Gasteiger partial charge is 0.395 e. The van der Waals surface area contributed by atoms with E-state index in [9.17, 15) is 0 Å². The van der Waals surface area contributed by atoms with Gasteiger partial charge in [0, 0.05) is 25.7 Å². The van der Waals surface area contributed by atoms with Gasteiger partial charge in [-0.05, 0) is 25.3 Å². The van der Waals surface area contributed by atoms with Crippen molar-refractivity contribution >= 4 is 11.4 Å². The van der Waals surface area contributed by atoms with Crippen molar-refractivity contribution in [3.05, 3.63) is 24.3 Å². The van der Waals surface area contributed by atoms with Gasteiger partial charge in [0.15, 0.2) is 0 Å². The van der Waals surface area contributed by atoms with Gasteiger partial charge in [0.05, 0.1) is 18.0 Å². The van der Waals surface area contributed by atoms with Crippen molar-refractivity contribution in [3.63, 3.8) is 0 Å². The average Bonchev–Trinajstić information content (AvgIpc) is 2.38. The Labute approximate surface area is 97.1 Å². The molecule has 0 atom stereocenters. The molecule has 0 spiro atoms. The Bertz CT molecular complexity index is 321. The Morgan fingerprint density at radius 2 is 2.12 bits per heavy atom. The highest BCUT2D eigenvalue weighted by Gasteiger charge is 2.13. The van der Waals surface area contributed by atoms with Gasteiger partial charge in [0.1, 0.15) is 0 Å². The standard InChI is InChI=1S/C13H19N2O/c16-11-8-14-12-6-2-3-7-13(12)15-9-4-1-5-10-15/h2-3,6,14,16H,1,4-5,8-11H2. The van der Waals surface area contributed by atoms with Gasteiger partial charge in [-0.1, -0.05) is 12.1 Å². The molecule has 0 amide bonds. The summed E-state index contributed by atoms with van der Waals surface area (Å²) in [5.74, 6) is 0. The van der Waals surface area contributed by atoms with Crippen LogP contribution in [0.3, 0.4) is 0 Å². The quantitative estimate of drug-likeness (QED) is 0.811. The van der Waals surface area contributed by atoms with Gasteiger partial charge in [-0.3, -0.25) is 0 Å². The highest BCUT2D eigenvalue weighted by Crippen LogP contribution is 2.27. The number of piperidine rings is 1. The molecule has 1 aliphatic rings. The number of benzene rings is 1. The zero-order chi connectivity index (χ0) is 11.2. The van der Waals surface area contributed by atoms with Crippen LogP contribution in [0.15, 0.2) is 18.2 Å². The molecule has 1 aliphatic heterocycles. The van der Waals surface area contributed by atoms with E-state index in [1.165, 1.54) is 19.3 Å². The summed E-state index contributed by atoms with van der Waals surface area (Å²) in [6.07, 6.45) is 3.87. The van der Waals surface area contributed by atoms with Crippen LogP contribution in [0.2, 0.25) is 0 Å². The third-order valence-electron chi connectivity index (χ3n) is 2.93. The fraction of sp³-hybridized carbons (Fsp3) is 0.538. The SMILES string of the molecule is OCCNc1ccc[c]c1N1CCCCC1. The number of aliphatic hydroxyl groups is 1. The Morgan fingerprint density at radius 1 is 1.31 bits per heavy atom. The van der Waals surface area contributed by atoms with E-state index in [0.29, 0.717) is 6.54 Å². The first-order valence-electron chi connectivity index (χ1n) is 6.02. The summed E-state index contributed by atoms with van der Waals surface area (Å²) in [4.78, 5) is 2.38. The molecule has 1 aromatic carbocycles. The lowest BCUT2D eigenvalue weighted by Crippen LogP contribution is -2.30. The van der Waals surface area contributed by atoms with Gasteiger partial charge in [-0.2, -0.15) is 0 Å². The molecule has 3 heteroatoms. The van der Waals surface area contributed by atoms with Crippen molar-refractivity contribution in [1.82, 2.24) is 0 Å². The summed E-state index contributed by atoms with van der Waals surface area (Å²) in [7, 11) is 0. The fourth-order valence-electron chi connectivity index (χ4n) is 2.14. The second-order valence-electron chi connectivity index (χ2n) is 4.13. The highest BCUT2D eigenvalue weighted by molar-refractivity contribution is 5.69. The molecule has 1 aromatic rings. The van der Waals surface area contributed by atoms with Gasteiger partial charge >= 0.3 is 0 Å². The van der Waals surface area contributed by atoms with Gasteiger partial charge < -0.3 is 15.3 Å². The second-order valence-corrected chi connectivity index (χ2v) is 4.13. The summed E-state index contributed by atoms with van der Waals surface area (Å²) in [6.45, 7) is 3.00. The van der Waals surface area contributed by atoms with Crippen LogP contribution >= 0.6 is 0 Å². The molecule has 1 radical (unpaired) electrons. The van der Waals surface area contributed by atoms with E-state index >= 15 is 0 Å². The molecule has 0 unspecified atom stereocenters. The number of nitrogens with one attached hydrogen (secondary N) is 1. The van der Waals surface area contributed by atoms with E-state index in [2.05, 4.69) is 22.3 Å². The normalized spacial score (nSPS) is 16.2. The van der Waals surface area contributed by atoms with E-state index in [1.54, 1.807) is 0 Å². The van der Waals surface area contributed by atoms with Crippen molar-refractivity contribution in [3.8, 4) is 0 Å². The van der Waals surface area contributed by atoms with Crippen LogP contribution < -0.4 is 10.2 Å². The van der Waals surface area contributed by atoms with Crippen LogP contribution in [-0.4, -0.2) is 31.3 Å². The lowest BCUT2D eigenvalue weighted by atomic mass is 10.1. The molecule has 16 heavy (non-hydrogen) atoms. The van der Waals surface area contributed by atoms with Gasteiger partial charge in [0.2, 0.25) is 0 Å². The summed E-state index contributed by atoms with van der Waals surface area (Å²) >= 11 is 0. The van der Waals surface area contributed by atoms with Gasteiger partial charge in [0.25, 0.3) is 0 Å². The molecule has 2 N–H and O–H groups in total. The van der Waals surface area contributed by atoms with Crippen molar-refractivity contribution in [2.45, 2.75) is 19.3 Å². The molecule has 1 fully saturated rings. The third-order valence-corrected chi connectivity index (χ3v) is 2.93. The molecule has 1 saturated heterocycles. The van der Waals surface area contributed by atoms with E-state index in [-0.39, 0.29) is 6.61 Å². The van der Waals surface area contributed by atoms with Gasteiger partial charge in [-0.15, -0.1) is 0 Å². The van der Waals surface area contributed by atoms with E-state index in [1.807, 2.05) is 12.1 Å². The van der Waals surface area contributed by atoms with Crippen LogP contribution in [0.25, 0.3) is 0 Å². The lowest BCUT2D eigenvalue weighted by Gasteiger charge is -2.30. The topological polar surface area (TPSA) is 35.5 Å². The van der Waals surface area contributed by atoms with Crippen LogP contribution in [0.4, 0.5) is 11.4 Å². The number of nitrogens with zero attached hydrogens (tertiary/aromatic N) is 1. The molecule has 0 saturated carbocycles. The minimum Gasteiger partial charge on any atom is -0.395 e. The number of aliphatic hydroxyl groups excluding tert-OH is 1. The fourth-order valence-corrected chi connectivity index (χ4v) is 2.14. The maximum absolute atomic E-state index is 8.84. The zero-order valence-electron chi connectivity index (χ0n) is 9.58. The monoisotopic (exact) mass is 219 g/mol. The molecular formula is C13H19N2O. The van der Waals surface area contributed by atoms with Gasteiger partial charge in [-0.25, -0.2) is 0 Å². The van der Waals surface area contributed by atoms with E-state index < -0.39 is 0 Å². The maximum atomic E-state index is 8.84. The zero-order valence-corrected chi connectivity index (χ0v) is 9.58. The predicted molar refractivity (Wildman–Crippen MR) is 66.9 cm³/mol. The Kier molecular flexibility index (Phi) is 4.05. The van der Waals surface area contributed by atoms with Crippen LogP contribution in [0.1, 0.15) is 19.3 Å². The van der Waals surface area contributed by atoms with E-state index in [4.69, 9.17) is 5.11 Å². The smallest absolute Gasteiger partial charge is 0.0682 e. The third kappa shape index (κ3) is 2.67. The minimum absolute atomic E-state index is 0.161. The number of para-hydroxylation sites is 1. The van der Waals surface area contributed by atoms with E-state index in [0.717, 1.165) is 24.5 Å². The average molecular weight is 219 g/mol. The van der Waals surface area contributed by atoms with Crippen LogP contribution in [-0.2, 0) is 0 Å². The van der Waals surface area contributed by atoms with Crippen molar-refractivity contribution in [1.29, 1.82) is 0 Å². The Morgan fingerprint density at radius 3 is 2.88 bits per heavy atom. The molecule has 0 aromatic heterocycles. The molecule has 0 bridgehead atoms.